The lowest BCUT2D eigenvalue weighted by molar-refractivity contribution is -0.118. The molecule has 1 aliphatic rings. The summed E-state index contributed by atoms with van der Waals surface area (Å²) in [6.45, 7) is 1.87. The van der Waals surface area contributed by atoms with E-state index >= 15 is 0 Å². The first-order valence-electron chi connectivity index (χ1n) is 8.35. The normalized spacial score (nSPS) is 14.2. The first kappa shape index (κ1) is 18.1. The number of hydrogen-bond donors (Lipinski definition) is 1. The van der Waals surface area contributed by atoms with E-state index in [2.05, 4.69) is 26.1 Å². The lowest BCUT2D eigenvalue weighted by atomic mass is 10.1. The molecule has 0 atom stereocenters. The molecule has 3 rings (SSSR count). The summed E-state index contributed by atoms with van der Waals surface area (Å²) in [5.41, 5.74) is 1.64. The van der Waals surface area contributed by atoms with Gasteiger partial charge in [-0.15, -0.1) is 0 Å². The molecule has 0 saturated carbocycles. The van der Waals surface area contributed by atoms with Crippen molar-refractivity contribution < 1.29 is 9.53 Å². The van der Waals surface area contributed by atoms with Gasteiger partial charge in [-0.3, -0.25) is 4.79 Å². The van der Waals surface area contributed by atoms with Crippen LogP contribution in [0.1, 0.15) is 19.3 Å². The standard InChI is InChI=1S/C19H20BrClN2O2/c20-14-7-9-15(10-8-14)25-13-18(24)22-17-6-4-5-16(21)19(17)23-11-2-1-3-12-23/h4-10H,1-3,11-13H2,(H,22,24). The van der Waals surface area contributed by atoms with Crippen LogP contribution in [0.3, 0.4) is 0 Å². The molecule has 0 aromatic heterocycles. The van der Waals surface area contributed by atoms with Gasteiger partial charge in [0.05, 0.1) is 16.4 Å². The highest BCUT2D eigenvalue weighted by atomic mass is 79.9. The summed E-state index contributed by atoms with van der Waals surface area (Å²) in [6.07, 6.45) is 3.53. The van der Waals surface area contributed by atoms with E-state index in [1.54, 1.807) is 0 Å². The fourth-order valence-electron chi connectivity index (χ4n) is 2.92. The van der Waals surface area contributed by atoms with E-state index in [9.17, 15) is 4.79 Å². The van der Waals surface area contributed by atoms with Crippen molar-refractivity contribution in [2.75, 3.05) is 29.9 Å². The van der Waals surface area contributed by atoms with Crippen LogP contribution in [-0.2, 0) is 4.79 Å². The Morgan fingerprint density at radius 1 is 1.12 bits per heavy atom. The number of rotatable bonds is 5. The van der Waals surface area contributed by atoms with Crippen LogP contribution < -0.4 is 15.0 Å². The average molecular weight is 424 g/mol. The molecule has 1 fully saturated rings. The zero-order valence-electron chi connectivity index (χ0n) is 13.8. The monoisotopic (exact) mass is 422 g/mol. The first-order chi connectivity index (χ1) is 12.1. The van der Waals surface area contributed by atoms with Crippen LogP contribution in [-0.4, -0.2) is 25.6 Å². The Morgan fingerprint density at radius 3 is 2.56 bits per heavy atom. The van der Waals surface area contributed by atoms with Crippen molar-refractivity contribution in [1.82, 2.24) is 0 Å². The molecule has 4 nitrogen and oxygen atoms in total. The van der Waals surface area contributed by atoms with E-state index in [4.69, 9.17) is 16.3 Å². The van der Waals surface area contributed by atoms with Gasteiger partial charge in [-0.2, -0.15) is 0 Å². The molecule has 0 bridgehead atoms. The van der Waals surface area contributed by atoms with Gasteiger partial charge in [-0.25, -0.2) is 0 Å². The van der Waals surface area contributed by atoms with Gasteiger partial charge in [0.15, 0.2) is 6.61 Å². The minimum atomic E-state index is -0.205. The predicted octanol–water partition coefficient (Wildman–Crippen LogP) is 5.11. The van der Waals surface area contributed by atoms with Crippen molar-refractivity contribution in [1.29, 1.82) is 0 Å². The molecular weight excluding hydrogens is 404 g/mol. The van der Waals surface area contributed by atoms with Crippen LogP contribution >= 0.6 is 27.5 Å². The van der Waals surface area contributed by atoms with E-state index in [1.165, 1.54) is 6.42 Å². The third kappa shape index (κ3) is 4.89. The summed E-state index contributed by atoms with van der Waals surface area (Å²) >= 11 is 9.78. The van der Waals surface area contributed by atoms with E-state index in [0.717, 1.165) is 41.8 Å². The number of carbonyl (C=O) groups is 1. The number of ether oxygens (including phenoxy) is 1. The molecule has 1 saturated heterocycles. The number of nitrogens with zero attached hydrogens (tertiary/aromatic N) is 1. The third-order valence-corrected chi connectivity index (χ3v) is 4.95. The fourth-order valence-corrected chi connectivity index (χ4v) is 3.48. The molecule has 2 aromatic rings. The summed E-state index contributed by atoms with van der Waals surface area (Å²) in [5, 5.41) is 3.59. The number of para-hydroxylation sites is 1. The molecule has 1 heterocycles. The van der Waals surface area contributed by atoms with Gasteiger partial charge in [-0.05, 0) is 55.7 Å². The SMILES string of the molecule is O=C(COc1ccc(Br)cc1)Nc1cccc(Cl)c1N1CCCCC1. The van der Waals surface area contributed by atoms with Gasteiger partial charge < -0.3 is 15.0 Å². The smallest absolute Gasteiger partial charge is 0.262 e. The maximum atomic E-state index is 12.3. The summed E-state index contributed by atoms with van der Waals surface area (Å²) in [7, 11) is 0. The zero-order valence-corrected chi connectivity index (χ0v) is 16.1. The van der Waals surface area contributed by atoms with Crippen LogP contribution in [0.25, 0.3) is 0 Å². The molecule has 6 heteroatoms. The summed E-state index contributed by atoms with van der Waals surface area (Å²) in [4.78, 5) is 14.5. The summed E-state index contributed by atoms with van der Waals surface area (Å²) in [6, 6.07) is 13.0. The molecule has 0 radical (unpaired) electrons. The molecule has 25 heavy (non-hydrogen) atoms. The molecule has 1 N–H and O–H groups in total. The van der Waals surface area contributed by atoms with Crippen molar-refractivity contribution in [3.05, 3.63) is 52.0 Å². The quantitative estimate of drug-likeness (QED) is 0.726. The number of anilines is 2. The molecule has 1 aliphatic heterocycles. The second kappa shape index (κ2) is 8.59. The number of piperidine rings is 1. The Hall–Kier alpha value is -1.72. The fraction of sp³-hybridized carbons (Fsp3) is 0.316. The van der Waals surface area contributed by atoms with E-state index < -0.39 is 0 Å². The Bertz CT molecular complexity index is 731. The lowest BCUT2D eigenvalue weighted by Gasteiger charge is -2.31. The maximum Gasteiger partial charge on any atom is 0.262 e. The second-order valence-corrected chi connectivity index (χ2v) is 7.30. The molecule has 0 aliphatic carbocycles. The Balaban J connectivity index is 1.66. The highest BCUT2D eigenvalue weighted by Gasteiger charge is 2.18. The van der Waals surface area contributed by atoms with Crippen LogP contribution in [0.2, 0.25) is 5.02 Å². The highest BCUT2D eigenvalue weighted by molar-refractivity contribution is 9.10. The van der Waals surface area contributed by atoms with Crippen LogP contribution in [0.4, 0.5) is 11.4 Å². The van der Waals surface area contributed by atoms with Crippen LogP contribution in [0.15, 0.2) is 46.9 Å². The Kier molecular flexibility index (Phi) is 6.21. The number of amides is 1. The predicted molar refractivity (Wildman–Crippen MR) is 106 cm³/mol. The number of carbonyl (C=O) groups excluding carboxylic acids is 1. The van der Waals surface area contributed by atoms with Crippen molar-refractivity contribution in [3.8, 4) is 5.75 Å². The van der Waals surface area contributed by atoms with Crippen molar-refractivity contribution in [2.24, 2.45) is 0 Å². The highest BCUT2D eigenvalue weighted by Crippen LogP contribution is 2.35. The molecule has 132 valence electrons. The van der Waals surface area contributed by atoms with Gasteiger partial charge in [0, 0.05) is 17.6 Å². The summed E-state index contributed by atoms with van der Waals surface area (Å²) < 4.78 is 6.50. The number of benzene rings is 2. The van der Waals surface area contributed by atoms with E-state index in [0.29, 0.717) is 10.8 Å². The van der Waals surface area contributed by atoms with Gasteiger partial charge in [0.1, 0.15) is 5.75 Å². The molecule has 2 aromatic carbocycles. The molecular formula is C19H20BrClN2O2. The number of nitrogens with one attached hydrogen (secondary N) is 1. The van der Waals surface area contributed by atoms with Crippen molar-refractivity contribution in [2.45, 2.75) is 19.3 Å². The third-order valence-electron chi connectivity index (χ3n) is 4.12. The van der Waals surface area contributed by atoms with Gasteiger partial charge in [0.25, 0.3) is 5.91 Å². The minimum absolute atomic E-state index is 0.0480. The zero-order chi connectivity index (χ0) is 17.6. The minimum Gasteiger partial charge on any atom is -0.484 e. The molecule has 0 spiro atoms. The Morgan fingerprint density at radius 2 is 1.84 bits per heavy atom. The lowest BCUT2D eigenvalue weighted by Crippen LogP contribution is -2.31. The number of halogens is 2. The van der Waals surface area contributed by atoms with Gasteiger partial charge >= 0.3 is 0 Å². The van der Waals surface area contributed by atoms with E-state index in [1.807, 2.05) is 42.5 Å². The Labute approximate surface area is 161 Å². The van der Waals surface area contributed by atoms with Gasteiger partial charge in [-0.1, -0.05) is 33.6 Å². The van der Waals surface area contributed by atoms with Crippen LogP contribution in [0.5, 0.6) is 5.75 Å². The topological polar surface area (TPSA) is 41.6 Å². The van der Waals surface area contributed by atoms with Crippen molar-refractivity contribution in [3.63, 3.8) is 0 Å². The molecule has 1 amide bonds. The molecule has 0 unspecified atom stereocenters. The largest absolute Gasteiger partial charge is 0.484 e. The maximum absolute atomic E-state index is 12.3. The van der Waals surface area contributed by atoms with Crippen molar-refractivity contribution >= 4 is 44.8 Å². The van der Waals surface area contributed by atoms with Crippen LogP contribution in [0, 0.1) is 0 Å². The first-order valence-corrected chi connectivity index (χ1v) is 9.52. The second-order valence-electron chi connectivity index (χ2n) is 5.97. The van der Waals surface area contributed by atoms with E-state index in [-0.39, 0.29) is 12.5 Å². The van der Waals surface area contributed by atoms with Gasteiger partial charge in [0.2, 0.25) is 0 Å². The average Bonchev–Trinajstić information content (AvgIpc) is 2.62. The summed E-state index contributed by atoms with van der Waals surface area (Å²) in [5.74, 6) is 0.448. The number of hydrogen-bond acceptors (Lipinski definition) is 3.